The topological polar surface area (TPSA) is 58.9 Å². The lowest BCUT2D eigenvalue weighted by Gasteiger charge is -2.34. The Labute approximate surface area is 225 Å². The molecule has 204 valence electrons. The summed E-state index contributed by atoms with van der Waals surface area (Å²) in [6.45, 7) is 4.02. The van der Waals surface area contributed by atoms with Crippen molar-refractivity contribution in [3.8, 4) is 5.75 Å². The molecule has 1 aliphatic rings. The molecule has 9 heteroatoms. The zero-order valence-electron chi connectivity index (χ0n) is 22.0. The molecular weight excluding hydrogens is 505 g/mol. The van der Waals surface area contributed by atoms with E-state index in [0.717, 1.165) is 48.4 Å². The molecule has 0 bridgehead atoms. The number of carbonyl (C=O) groups is 1. The van der Waals surface area contributed by atoms with Crippen LogP contribution in [0.1, 0.15) is 58.6 Å². The summed E-state index contributed by atoms with van der Waals surface area (Å²) in [5.74, 6) is 0.711. The summed E-state index contributed by atoms with van der Waals surface area (Å²) < 4.78 is 45.7. The van der Waals surface area contributed by atoms with Crippen LogP contribution in [0.15, 0.2) is 66.9 Å². The average molecular weight is 537 g/mol. The number of anilines is 1. The van der Waals surface area contributed by atoms with Gasteiger partial charge in [0, 0.05) is 25.3 Å². The lowest BCUT2D eigenvalue weighted by atomic mass is 9.88. The Morgan fingerprint density at radius 1 is 1.03 bits per heavy atom. The molecule has 0 radical (unpaired) electrons. The first kappa shape index (κ1) is 26.6. The van der Waals surface area contributed by atoms with Crippen molar-refractivity contribution in [2.24, 2.45) is 0 Å². The van der Waals surface area contributed by atoms with Crippen LogP contribution in [0.3, 0.4) is 0 Å². The van der Waals surface area contributed by atoms with Gasteiger partial charge in [-0.1, -0.05) is 31.2 Å². The summed E-state index contributed by atoms with van der Waals surface area (Å²) >= 11 is 0. The van der Waals surface area contributed by atoms with Gasteiger partial charge in [-0.2, -0.15) is 13.2 Å². The molecule has 1 saturated heterocycles. The van der Waals surface area contributed by atoms with Crippen molar-refractivity contribution >= 4 is 17.2 Å². The summed E-state index contributed by atoms with van der Waals surface area (Å²) in [5, 5.41) is 3.02. The third-order valence-electron chi connectivity index (χ3n) is 7.41. The second-order valence-electron chi connectivity index (χ2n) is 9.79. The van der Waals surface area contributed by atoms with Gasteiger partial charge in [0.15, 0.2) is 0 Å². The predicted octanol–water partition coefficient (Wildman–Crippen LogP) is 6.24. The van der Waals surface area contributed by atoms with E-state index in [4.69, 9.17) is 4.74 Å². The summed E-state index contributed by atoms with van der Waals surface area (Å²) in [7, 11) is 1.59. The largest absolute Gasteiger partial charge is 0.495 e. The maximum Gasteiger partial charge on any atom is 0.416 e. The van der Waals surface area contributed by atoms with Gasteiger partial charge in [-0.3, -0.25) is 9.20 Å². The minimum Gasteiger partial charge on any atom is -0.495 e. The van der Waals surface area contributed by atoms with E-state index < -0.39 is 11.7 Å². The average Bonchev–Trinajstić information content (AvgIpc) is 3.34. The molecule has 4 aromatic rings. The summed E-state index contributed by atoms with van der Waals surface area (Å²) in [6, 6.07) is 17.3. The standard InChI is InChI=1S/C30H31F3N4O2/c1-3-26-28(37-19-25(39-2)12-13-27(37)35-26)29(38)34-18-20-4-10-24(11-5-20)36-16-14-22(15-17-36)21-6-8-23(9-7-21)30(31,32)33/h4-13,19,22H,3,14-18H2,1-2H3,(H,34,38). The fourth-order valence-electron chi connectivity index (χ4n) is 5.19. The van der Waals surface area contributed by atoms with Crippen molar-refractivity contribution in [1.82, 2.24) is 14.7 Å². The number of rotatable bonds is 7. The lowest BCUT2D eigenvalue weighted by Crippen LogP contribution is -2.32. The van der Waals surface area contributed by atoms with Crippen LogP contribution < -0.4 is 15.0 Å². The predicted molar refractivity (Wildman–Crippen MR) is 144 cm³/mol. The maximum absolute atomic E-state index is 13.1. The van der Waals surface area contributed by atoms with Crippen molar-refractivity contribution in [2.75, 3.05) is 25.1 Å². The number of amides is 1. The number of pyridine rings is 1. The SMILES string of the molecule is CCc1nc2ccc(OC)cn2c1C(=O)NCc1ccc(N2CCC(c3ccc(C(F)(F)F)cc3)CC2)cc1. The number of aromatic nitrogens is 2. The van der Waals surface area contributed by atoms with E-state index in [0.29, 0.717) is 30.1 Å². The molecule has 2 aromatic heterocycles. The van der Waals surface area contributed by atoms with Gasteiger partial charge in [-0.15, -0.1) is 0 Å². The number of hydrogen-bond acceptors (Lipinski definition) is 4. The van der Waals surface area contributed by atoms with Crippen LogP contribution >= 0.6 is 0 Å². The maximum atomic E-state index is 13.1. The van der Waals surface area contributed by atoms with Crippen molar-refractivity contribution in [1.29, 1.82) is 0 Å². The number of hydrogen-bond donors (Lipinski definition) is 1. The molecule has 39 heavy (non-hydrogen) atoms. The number of piperidine rings is 1. The molecule has 1 amide bonds. The van der Waals surface area contributed by atoms with Crippen molar-refractivity contribution in [3.05, 3.63) is 94.9 Å². The molecule has 3 heterocycles. The van der Waals surface area contributed by atoms with Crippen molar-refractivity contribution < 1.29 is 22.7 Å². The van der Waals surface area contributed by atoms with Gasteiger partial charge in [0.1, 0.15) is 17.1 Å². The third-order valence-corrected chi connectivity index (χ3v) is 7.41. The fourth-order valence-corrected chi connectivity index (χ4v) is 5.19. The van der Waals surface area contributed by atoms with Crippen LogP contribution in [0.25, 0.3) is 5.65 Å². The highest BCUT2D eigenvalue weighted by atomic mass is 19.4. The molecule has 0 saturated carbocycles. The van der Waals surface area contributed by atoms with Crippen LogP contribution in [-0.2, 0) is 19.1 Å². The molecular formula is C30H31F3N4O2. The first-order valence-electron chi connectivity index (χ1n) is 13.1. The number of methoxy groups -OCH3 is 1. The quantitative estimate of drug-likeness (QED) is 0.304. The number of aryl methyl sites for hydroxylation is 1. The smallest absolute Gasteiger partial charge is 0.416 e. The van der Waals surface area contributed by atoms with Gasteiger partial charge in [-0.05, 0) is 72.7 Å². The molecule has 2 aromatic carbocycles. The second kappa shape index (κ2) is 11.0. The molecule has 0 aliphatic carbocycles. The van der Waals surface area contributed by atoms with Crippen molar-refractivity contribution in [3.63, 3.8) is 0 Å². The highest BCUT2D eigenvalue weighted by molar-refractivity contribution is 5.94. The Balaban J connectivity index is 1.18. The molecule has 6 nitrogen and oxygen atoms in total. The molecule has 1 N–H and O–H groups in total. The van der Waals surface area contributed by atoms with E-state index in [2.05, 4.69) is 27.3 Å². The van der Waals surface area contributed by atoms with E-state index in [1.807, 2.05) is 31.2 Å². The molecule has 5 rings (SSSR count). The first-order chi connectivity index (χ1) is 18.8. The first-order valence-corrected chi connectivity index (χ1v) is 13.1. The van der Waals surface area contributed by atoms with Crippen LogP contribution in [0.2, 0.25) is 0 Å². The molecule has 0 unspecified atom stereocenters. The molecule has 0 spiro atoms. The van der Waals surface area contributed by atoms with E-state index in [1.54, 1.807) is 29.8 Å². The Kier molecular flexibility index (Phi) is 7.50. The Bertz CT molecular complexity index is 1440. The van der Waals surface area contributed by atoms with Gasteiger partial charge < -0.3 is 15.0 Å². The van der Waals surface area contributed by atoms with Crippen LogP contribution in [0.5, 0.6) is 5.75 Å². The minimum absolute atomic E-state index is 0.193. The van der Waals surface area contributed by atoms with E-state index in [-0.39, 0.29) is 11.8 Å². The summed E-state index contributed by atoms with van der Waals surface area (Å²) in [4.78, 5) is 20.0. The number of nitrogens with one attached hydrogen (secondary N) is 1. The van der Waals surface area contributed by atoms with E-state index >= 15 is 0 Å². The monoisotopic (exact) mass is 536 g/mol. The molecule has 1 fully saturated rings. The zero-order chi connectivity index (χ0) is 27.6. The number of imidazole rings is 1. The number of halogens is 3. The van der Waals surface area contributed by atoms with Gasteiger partial charge in [0.2, 0.25) is 0 Å². The molecule has 1 aliphatic heterocycles. The minimum atomic E-state index is -4.31. The third kappa shape index (κ3) is 5.72. The van der Waals surface area contributed by atoms with Crippen LogP contribution in [-0.4, -0.2) is 35.5 Å². The summed E-state index contributed by atoms with van der Waals surface area (Å²) in [6.07, 6.45) is -0.138. The van der Waals surface area contributed by atoms with Gasteiger partial charge in [0.05, 0.1) is 24.6 Å². The Morgan fingerprint density at radius 3 is 2.33 bits per heavy atom. The number of fused-ring (bicyclic) bond motifs is 1. The Hall–Kier alpha value is -4.01. The molecule has 0 atom stereocenters. The number of alkyl halides is 3. The second-order valence-corrected chi connectivity index (χ2v) is 9.79. The normalized spacial score (nSPS) is 14.5. The van der Waals surface area contributed by atoms with Crippen molar-refractivity contribution in [2.45, 2.75) is 44.8 Å². The Morgan fingerprint density at radius 2 is 1.72 bits per heavy atom. The summed E-state index contributed by atoms with van der Waals surface area (Å²) in [5.41, 5.74) is 4.38. The number of nitrogens with zero attached hydrogens (tertiary/aromatic N) is 3. The zero-order valence-corrected chi connectivity index (χ0v) is 22.0. The van der Waals surface area contributed by atoms with Crippen LogP contribution in [0, 0.1) is 0 Å². The highest BCUT2D eigenvalue weighted by Gasteiger charge is 2.30. The number of ether oxygens (including phenoxy) is 1. The highest BCUT2D eigenvalue weighted by Crippen LogP contribution is 2.34. The lowest BCUT2D eigenvalue weighted by molar-refractivity contribution is -0.137. The van der Waals surface area contributed by atoms with E-state index in [1.165, 1.54) is 12.1 Å². The fraction of sp³-hybridized carbons (Fsp3) is 0.333. The number of benzene rings is 2. The van der Waals surface area contributed by atoms with E-state index in [9.17, 15) is 18.0 Å². The number of carbonyl (C=O) groups excluding carboxylic acids is 1. The van der Waals surface area contributed by atoms with Gasteiger partial charge in [0.25, 0.3) is 5.91 Å². The van der Waals surface area contributed by atoms with Gasteiger partial charge >= 0.3 is 6.18 Å². The van der Waals surface area contributed by atoms with Crippen LogP contribution in [0.4, 0.5) is 18.9 Å². The van der Waals surface area contributed by atoms with Gasteiger partial charge in [-0.25, -0.2) is 4.98 Å².